The molecule has 0 fully saturated rings. The molecule has 0 unspecified atom stereocenters. The molecular formula is C13H16N2OS. The molecule has 1 rings (SSSR count). The minimum Gasteiger partial charge on any atom is -0.410 e. The van der Waals surface area contributed by atoms with Crippen LogP contribution in [0.15, 0.2) is 28.3 Å². The Labute approximate surface area is 106 Å². The molecule has 4 heteroatoms. The van der Waals surface area contributed by atoms with Crippen molar-refractivity contribution >= 4 is 17.5 Å². The first kappa shape index (κ1) is 13.6. The predicted molar refractivity (Wildman–Crippen MR) is 70.9 cm³/mol. The third-order valence-electron chi connectivity index (χ3n) is 2.41. The van der Waals surface area contributed by atoms with E-state index < -0.39 is 0 Å². The largest absolute Gasteiger partial charge is 0.410 e. The molecule has 0 saturated heterocycles. The second-order valence-corrected chi connectivity index (χ2v) is 5.21. The van der Waals surface area contributed by atoms with E-state index in [1.54, 1.807) is 11.8 Å². The molecule has 0 radical (unpaired) electrons. The highest BCUT2D eigenvalue weighted by molar-refractivity contribution is 7.99. The zero-order valence-electron chi connectivity index (χ0n) is 10.3. The summed E-state index contributed by atoms with van der Waals surface area (Å²) in [4.78, 5) is 1.15. The van der Waals surface area contributed by atoms with Crippen molar-refractivity contribution < 1.29 is 5.21 Å². The van der Waals surface area contributed by atoms with Gasteiger partial charge in [0.15, 0.2) is 5.71 Å². The van der Waals surface area contributed by atoms with Gasteiger partial charge in [-0.05, 0) is 23.3 Å². The lowest BCUT2D eigenvalue weighted by molar-refractivity contribution is 0.320. The van der Waals surface area contributed by atoms with Crippen molar-refractivity contribution in [1.82, 2.24) is 0 Å². The average Bonchev–Trinajstić information content (AvgIpc) is 2.31. The summed E-state index contributed by atoms with van der Waals surface area (Å²) in [5.74, 6) is 1.41. The highest BCUT2D eigenvalue weighted by Crippen LogP contribution is 2.29. The van der Waals surface area contributed by atoms with Gasteiger partial charge in [0.25, 0.3) is 0 Å². The Bertz CT molecular complexity index is 461. The Morgan fingerprint density at radius 1 is 1.53 bits per heavy atom. The van der Waals surface area contributed by atoms with E-state index in [1.807, 2.05) is 24.3 Å². The lowest BCUT2D eigenvalue weighted by Gasteiger charge is -2.12. The van der Waals surface area contributed by atoms with E-state index in [0.717, 1.165) is 10.6 Å². The molecule has 0 spiro atoms. The van der Waals surface area contributed by atoms with Crippen molar-refractivity contribution in [2.75, 3.05) is 5.75 Å². The SMILES string of the molecule is CCSc1cc(/C(C#N)=N/O)ccc1C(C)C. The second-order valence-electron chi connectivity index (χ2n) is 3.90. The number of thioether (sulfide) groups is 1. The van der Waals surface area contributed by atoms with Crippen molar-refractivity contribution in [2.24, 2.45) is 5.16 Å². The molecule has 0 bridgehead atoms. The minimum absolute atomic E-state index is 0.0539. The normalized spacial score (nSPS) is 11.6. The van der Waals surface area contributed by atoms with E-state index in [4.69, 9.17) is 10.5 Å². The Hall–Kier alpha value is -1.47. The average molecular weight is 248 g/mol. The Morgan fingerprint density at radius 3 is 2.71 bits per heavy atom. The Balaban J connectivity index is 3.23. The van der Waals surface area contributed by atoms with Crippen molar-refractivity contribution in [3.05, 3.63) is 29.3 Å². The van der Waals surface area contributed by atoms with E-state index in [9.17, 15) is 0 Å². The topological polar surface area (TPSA) is 56.4 Å². The highest BCUT2D eigenvalue weighted by atomic mass is 32.2. The van der Waals surface area contributed by atoms with Crippen LogP contribution in [0.1, 0.15) is 37.8 Å². The van der Waals surface area contributed by atoms with E-state index in [0.29, 0.717) is 11.5 Å². The van der Waals surface area contributed by atoms with Crippen molar-refractivity contribution in [3.8, 4) is 6.07 Å². The maximum atomic E-state index is 8.83. The quantitative estimate of drug-likeness (QED) is 0.383. The van der Waals surface area contributed by atoms with Gasteiger partial charge in [0.1, 0.15) is 6.07 Å². The summed E-state index contributed by atoms with van der Waals surface area (Å²) in [6.45, 7) is 6.37. The molecule has 90 valence electrons. The number of benzene rings is 1. The van der Waals surface area contributed by atoms with E-state index in [-0.39, 0.29) is 5.71 Å². The standard InChI is InChI=1S/C13H16N2OS/c1-4-17-13-7-10(12(8-14)15-16)5-6-11(13)9(2)3/h5-7,9,16H,4H2,1-3H3/b15-12+. The zero-order valence-corrected chi connectivity index (χ0v) is 11.1. The van der Waals surface area contributed by atoms with Crippen LogP contribution < -0.4 is 0 Å². The first-order valence-corrected chi connectivity index (χ1v) is 6.51. The van der Waals surface area contributed by atoms with Gasteiger partial charge in [0.05, 0.1) is 0 Å². The van der Waals surface area contributed by atoms with Gasteiger partial charge in [-0.3, -0.25) is 0 Å². The lowest BCUT2D eigenvalue weighted by Crippen LogP contribution is -2.00. The monoisotopic (exact) mass is 248 g/mol. The Morgan fingerprint density at radius 2 is 2.24 bits per heavy atom. The molecule has 0 aliphatic rings. The first-order valence-electron chi connectivity index (χ1n) is 5.53. The highest BCUT2D eigenvalue weighted by Gasteiger charge is 2.10. The molecule has 1 aromatic rings. The van der Waals surface area contributed by atoms with Crippen molar-refractivity contribution in [3.63, 3.8) is 0 Å². The van der Waals surface area contributed by atoms with Gasteiger partial charge >= 0.3 is 0 Å². The van der Waals surface area contributed by atoms with Crippen LogP contribution in [0, 0.1) is 11.3 Å². The number of nitriles is 1. The van der Waals surface area contributed by atoms with Crippen LogP contribution in [0.25, 0.3) is 0 Å². The third kappa shape index (κ3) is 3.24. The molecule has 0 aromatic heterocycles. The van der Waals surface area contributed by atoms with E-state index >= 15 is 0 Å². The predicted octanol–water partition coefficient (Wildman–Crippen LogP) is 3.62. The molecule has 0 saturated carbocycles. The van der Waals surface area contributed by atoms with E-state index in [1.165, 1.54) is 5.56 Å². The molecule has 1 aromatic carbocycles. The van der Waals surface area contributed by atoms with Crippen LogP contribution in [0.5, 0.6) is 0 Å². The smallest absolute Gasteiger partial charge is 0.186 e. The number of hydrogen-bond donors (Lipinski definition) is 1. The van der Waals surface area contributed by atoms with Gasteiger partial charge in [0.2, 0.25) is 0 Å². The van der Waals surface area contributed by atoms with Gasteiger partial charge in [-0.25, -0.2) is 0 Å². The maximum absolute atomic E-state index is 8.83. The van der Waals surface area contributed by atoms with Crippen LogP contribution in [-0.2, 0) is 0 Å². The summed E-state index contributed by atoms with van der Waals surface area (Å²) in [5.41, 5.74) is 1.98. The Kier molecular flexibility index (Phi) is 5.05. The summed E-state index contributed by atoms with van der Waals surface area (Å²) in [6, 6.07) is 7.62. The fourth-order valence-electron chi connectivity index (χ4n) is 1.58. The first-order chi connectivity index (χ1) is 8.13. The summed E-state index contributed by atoms with van der Waals surface area (Å²) in [7, 11) is 0. The van der Waals surface area contributed by atoms with Crippen LogP contribution in [-0.4, -0.2) is 16.7 Å². The molecule has 3 nitrogen and oxygen atoms in total. The number of hydrogen-bond acceptors (Lipinski definition) is 4. The van der Waals surface area contributed by atoms with E-state index in [2.05, 4.69) is 25.9 Å². The molecule has 0 aliphatic carbocycles. The molecule has 17 heavy (non-hydrogen) atoms. The molecule has 0 heterocycles. The molecule has 0 atom stereocenters. The molecule has 0 aliphatic heterocycles. The van der Waals surface area contributed by atoms with Crippen LogP contribution in [0.4, 0.5) is 0 Å². The summed E-state index contributed by atoms with van der Waals surface area (Å²) < 4.78 is 0. The fraction of sp³-hybridized carbons (Fsp3) is 0.385. The van der Waals surface area contributed by atoms with Gasteiger partial charge < -0.3 is 5.21 Å². The minimum atomic E-state index is 0.0539. The van der Waals surface area contributed by atoms with Gasteiger partial charge in [-0.15, -0.1) is 11.8 Å². The van der Waals surface area contributed by atoms with Crippen LogP contribution in [0.3, 0.4) is 0 Å². The summed E-state index contributed by atoms with van der Waals surface area (Å²) >= 11 is 1.74. The van der Waals surface area contributed by atoms with Crippen LogP contribution >= 0.6 is 11.8 Å². The lowest BCUT2D eigenvalue weighted by atomic mass is 10.0. The maximum Gasteiger partial charge on any atom is 0.186 e. The zero-order chi connectivity index (χ0) is 12.8. The summed E-state index contributed by atoms with van der Waals surface area (Å²) in [6.07, 6.45) is 0. The summed E-state index contributed by atoms with van der Waals surface area (Å²) in [5, 5.41) is 20.6. The van der Waals surface area contributed by atoms with Gasteiger partial charge in [-0.1, -0.05) is 38.1 Å². The van der Waals surface area contributed by atoms with Crippen LogP contribution in [0.2, 0.25) is 0 Å². The second kappa shape index (κ2) is 6.31. The third-order valence-corrected chi connectivity index (χ3v) is 3.37. The number of oxime groups is 1. The van der Waals surface area contributed by atoms with Crippen molar-refractivity contribution in [2.45, 2.75) is 31.6 Å². The molecular weight excluding hydrogens is 232 g/mol. The molecule has 1 N–H and O–H groups in total. The van der Waals surface area contributed by atoms with Gasteiger partial charge in [-0.2, -0.15) is 5.26 Å². The molecule has 0 amide bonds. The number of rotatable bonds is 4. The van der Waals surface area contributed by atoms with Gasteiger partial charge in [0, 0.05) is 10.5 Å². The number of nitrogens with zero attached hydrogens (tertiary/aromatic N) is 2. The van der Waals surface area contributed by atoms with Crippen molar-refractivity contribution in [1.29, 1.82) is 5.26 Å². The fourth-order valence-corrected chi connectivity index (χ4v) is 2.58.